The lowest BCUT2D eigenvalue weighted by molar-refractivity contribution is 0.376. The highest BCUT2D eigenvalue weighted by Gasteiger charge is 2.29. The Kier molecular flexibility index (Phi) is 7.51. The summed E-state index contributed by atoms with van der Waals surface area (Å²) in [4.78, 5) is 13.2. The van der Waals surface area contributed by atoms with Crippen molar-refractivity contribution >= 4 is 15.7 Å². The Morgan fingerprint density at radius 3 is 2.39 bits per heavy atom. The standard InChI is InChI=1S/C28H30N2O5S/c1-18(2)25(26-27(31)23-10-5-3-4-6-11-24(23)35-28(26)32)20-8-7-9-21(16-20)30-36(33,34)22-14-12-19(17-29)13-15-22/h7-9,12-16,18,25,30-31H,3-6,10-11H2,1-2H3. The van der Waals surface area contributed by atoms with Crippen LogP contribution in [0, 0.1) is 17.2 Å². The van der Waals surface area contributed by atoms with E-state index in [-0.39, 0.29) is 22.1 Å². The minimum Gasteiger partial charge on any atom is -0.507 e. The summed E-state index contributed by atoms with van der Waals surface area (Å²) in [6.45, 7) is 3.90. The molecule has 1 heterocycles. The Morgan fingerprint density at radius 2 is 1.72 bits per heavy atom. The SMILES string of the molecule is CC(C)C(c1cccc(NS(=O)(=O)c2ccc(C#N)cc2)c1)c1c(O)c2c(oc1=O)CCCCCC2. The number of rotatable bonds is 6. The van der Waals surface area contributed by atoms with Crippen LogP contribution in [0.5, 0.6) is 5.75 Å². The van der Waals surface area contributed by atoms with Crippen LogP contribution in [-0.4, -0.2) is 13.5 Å². The molecule has 2 aromatic carbocycles. The van der Waals surface area contributed by atoms with Crippen molar-refractivity contribution in [2.45, 2.75) is 63.2 Å². The van der Waals surface area contributed by atoms with Crippen molar-refractivity contribution in [3.8, 4) is 11.8 Å². The number of benzene rings is 2. The van der Waals surface area contributed by atoms with Gasteiger partial charge in [-0.1, -0.05) is 38.8 Å². The fourth-order valence-electron chi connectivity index (χ4n) is 4.90. The van der Waals surface area contributed by atoms with Gasteiger partial charge in [-0.05, 0) is 67.1 Å². The van der Waals surface area contributed by atoms with Crippen LogP contribution in [0.1, 0.15) is 73.5 Å². The van der Waals surface area contributed by atoms with Crippen LogP contribution >= 0.6 is 0 Å². The molecule has 2 N–H and O–H groups in total. The van der Waals surface area contributed by atoms with Gasteiger partial charge in [0, 0.05) is 23.6 Å². The van der Waals surface area contributed by atoms with E-state index < -0.39 is 21.6 Å². The van der Waals surface area contributed by atoms with E-state index in [0.717, 1.165) is 25.7 Å². The second-order valence-corrected chi connectivity index (χ2v) is 11.2. The van der Waals surface area contributed by atoms with Gasteiger partial charge < -0.3 is 9.52 Å². The normalized spacial score (nSPS) is 14.8. The van der Waals surface area contributed by atoms with Crippen molar-refractivity contribution in [1.82, 2.24) is 0 Å². The quantitative estimate of drug-likeness (QED) is 0.458. The average Bonchev–Trinajstić information content (AvgIpc) is 2.82. The number of nitriles is 1. The largest absolute Gasteiger partial charge is 0.507 e. The molecule has 3 aromatic rings. The highest BCUT2D eigenvalue weighted by molar-refractivity contribution is 7.92. The van der Waals surface area contributed by atoms with Crippen LogP contribution in [0.4, 0.5) is 5.69 Å². The summed E-state index contributed by atoms with van der Waals surface area (Å²) in [5, 5.41) is 20.2. The molecule has 0 fully saturated rings. The summed E-state index contributed by atoms with van der Waals surface area (Å²) in [6, 6.07) is 14.5. The maximum Gasteiger partial charge on any atom is 0.343 e. The van der Waals surface area contributed by atoms with E-state index in [1.807, 2.05) is 26.0 Å². The van der Waals surface area contributed by atoms with Crippen LogP contribution < -0.4 is 10.3 Å². The van der Waals surface area contributed by atoms with E-state index in [0.29, 0.717) is 41.0 Å². The van der Waals surface area contributed by atoms with Crippen LogP contribution in [0.3, 0.4) is 0 Å². The zero-order chi connectivity index (χ0) is 25.9. The molecule has 0 bridgehead atoms. The van der Waals surface area contributed by atoms with E-state index >= 15 is 0 Å². The smallest absolute Gasteiger partial charge is 0.343 e. The first-order chi connectivity index (χ1) is 17.2. The predicted molar refractivity (Wildman–Crippen MR) is 138 cm³/mol. The number of nitrogens with one attached hydrogen (secondary N) is 1. The molecular weight excluding hydrogens is 476 g/mol. The van der Waals surface area contributed by atoms with E-state index in [4.69, 9.17) is 9.68 Å². The number of sulfonamides is 1. The van der Waals surface area contributed by atoms with E-state index in [1.165, 1.54) is 24.3 Å². The predicted octanol–water partition coefficient (Wildman–Crippen LogP) is 5.46. The van der Waals surface area contributed by atoms with Crippen molar-refractivity contribution in [1.29, 1.82) is 5.26 Å². The summed E-state index contributed by atoms with van der Waals surface area (Å²) in [5.74, 6) is 0.0185. The Bertz CT molecular complexity index is 1450. The molecule has 0 aliphatic heterocycles. The van der Waals surface area contributed by atoms with Crippen molar-refractivity contribution in [2.24, 2.45) is 5.92 Å². The minimum atomic E-state index is -3.89. The highest BCUT2D eigenvalue weighted by atomic mass is 32.2. The van der Waals surface area contributed by atoms with Crippen molar-refractivity contribution in [3.63, 3.8) is 0 Å². The van der Waals surface area contributed by atoms with Gasteiger partial charge in [-0.3, -0.25) is 4.72 Å². The van der Waals surface area contributed by atoms with Crippen molar-refractivity contribution in [3.05, 3.63) is 87.0 Å². The summed E-state index contributed by atoms with van der Waals surface area (Å²) >= 11 is 0. The Balaban J connectivity index is 1.72. The van der Waals surface area contributed by atoms with E-state index in [1.54, 1.807) is 18.2 Å². The molecule has 4 rings (SSSR count). The molecule has 8 heteroatoms. The monoisotopic (exact) mass is 506 g/mol. The molecule has 0 saturated carbocycles. The molecule has 1 aliphatic rings. The van der Waals surface area contributed by atoms with Gasteiger partial charge in [0.1, 0.15) is 11.5 Å². The lowest BCUT2D eigenvalue weighted by Crippen LogP contribution is -2.21. The first kappa shape index (κ1) is 25.5. The van der Waals surface area contributed by atoms with Crippen LogP contribution in [0.2, 0.25) is 0 Å². The van der Waals surface area contributed by atoms with E-state index in [2.05, 4.69) is 4.72 Å². The Hall–Kier alpha value is -3.57. The number of hydrogen-bond donors (Lipinski definition) is 2. The van der Waals surface area contributed by atoms with E-state index in [9.17, 15) is 18.3 Å². The van der Waals surface area contributed by atoms with Gasteiger partial charge in [-0.25, -0.2) is 13.2 Å². The first-order valence-corrected chi connectivity index (χ1v) is 13.7. The lowest BCUT2D eigenvalue weighted by Gasteiger charge is -2.24. The van der Waals surface area contributed by atoms with Crippen molar-refractivity contribution < 1.29 is 17.9 Å². The average molecular weight is 507 g/mol. The van der Waals surface area contributed by atoms with Crippen LogP contribution in [0.15, 0.2) is 62.6 Å². The molecule has 1 aromatic heterocycles. The summed E-state index contributed by atoms with van der Waals surface area (Å²) in [7, 11) is -3.89. The maximum atomic E-state index is 13.1. The van der Waals surface area contributed by atoms with Gasteiger partial charge in [0.25, 0.3) is 10.0 Å². The third-order valence-electron chi connectivity index (χ3n) is 6.66. The second-order valence-electron chi connectivity index (χ2n) is 9.56. The number of fused-ring (bicyclic) bond motifs is 1. The van der Waals surface area contributed by atoms with Crippen molar-refractivity contribution in [2.75, 3.05) is 4.72 Å². The molecule has 0 saturated heterocycles. The molecular formula is C28H30N2O5S. The van der Waals surface area contributed by atoms with Gasteiger partial charge >= 0.3 is 5.63 Å². The second kappa shape index (κ2) is 10.6. The Morgan fingerprint density at radius 1 is 1.03 bits per heavy atom. The van der Waals surface area contributed by atoms with Gasteiger partial charge in [0.15, 0.2) is 0 Å². The summed E-state index contributed by atoms with van der Waals surface area (Å²) < 4.78 is 34.1. The summed E-state index contributed by atoms with van der Waals surface area (Å²) in [6.07, 6.45) is 5.29. The fraction of sp³-hybridized carbons (Fsp3) is 0.357. The molecule has 1 aliphatic carbocycles. The minimum absolute atomic E-state index is 0.00502. The molecule has 36 heavy (non-hydrogen) atoms. The van der Waals surface area contributed by atoms with Gasteiger partial charge in [0.2, 0.25) is 0 Å². The topological polar surface area (TPSA) is 120 Å². The number of hydrogen-bond acceptors (Lipinski definition) is 6. The maximum absolute atomic E-state index is 13.1. The number of aromatic hydroxyl groups is 1. The number of nitrogens with zero attached hydrogens (tertiary/aromatic N) is 1. The molecule has 0 spiro atoms. The van der Waals surface area contributed by atoms with Crippen LogP contribution in [0.25, 0.3) is 0 Å². The number of anilines is 1. The zero-order valence-electron chi connectivity index (χ0n) is 20.5. The first-order valence-electron chi connectivity index (χ1n) is 12.2. The Labute approximate surface area is 211 Å². The fourth-order valence-corrected chi connectivity index (χ4v) is 5.95. The summed E-state index contributed by atoms with van der Waals surface area (Å²) in [5.41, 5.74) is 1.78. The van der Waals surface area contributed by atoms with Crippen LogP contribution in [-0.2, 0) is 22.9 Å². The molecule has 188 valence electrons. The molecule has 0 amide bonds. The third-order valence-corrected chi connectivity index (χ3v) is 8.06. The molecule has 1 atom stereocenters. The molecule has 7 nitrogen and oxygen atoms in total. The van der Waals surface area contributed by atoms with Gasteiger partial charge in [-0.2, -0.15) is 5.26 Å². The lowest BCUT2D eigenvalue weighted by atomic mass is 9.81. The molecule has 0 radical (unpaired) electrons. The zero-order valence-corrected chi connectivity index (χ0v) is 21.3. The number of aryl methyl sites for hydroxylation is 1. The third kappa shape index (κ3) is 5.31. The van der Waals surface area contributed by atoms with Gasteiger partial charge in [0.05, 0.1) is 22.1 Å². The van der Waals surface area contributed by atoms with Gasteiger partial charge in [-0.15, -0.1) is 0 Å². The highest BCUT2D eigenvalue weighted by Crippen LogP contribution is 2.39. The molecule has 1 unspecified atom stereocenters.